The van der Waals surface area contributed by atoms with Crippen LogP contribution in [-0.4, -0.2) is 58.2 Å². The monoisotopic (exact) mass is 409 g/mol. The van der Waals surface area contributed by atoms with E-state index in [0.717, 1.165) is 22.3 Å². The van der Waals surface area contributed by atoms with Crippen LogP contribution in [0.1, 0.15) is 0 Å². The molecule has 1 amide bonds. The van der Waals surface area contributed by atoms with Crippen LogP contribution in [0.2, 0.25) is 0 Å². The maximum atomic E-state index is 13.5. The van der Waals surface area contributed by atoms with Gasteiger partial charge in [-0.05, 0) is 42.5 Å². The van der Waals surface area contributed by atoms with Gasteiger partial charge in [0.2, 0.25) is 15.9 Å². The molecule has 0 atom stereocenters. The minimum atomic E-state index is -3.75. The molecule has 6 nitrogen and oxygen atoms in total. The Balaban J connectivity index is 1.66. The van der Waals surface area contributed by atoms with Gasteiger partial charge in [0, 0.05) is 31.9 Å². The molecule has 2 aromatic rings. The summed E-state index contributed by atoms with van der Waals surface area (Å²) < 4.78 is 51.7. The quantitative estimate of drug-likeness (QED) is 0.759. The van der Waals surface area contributed by atoms with Crippen molar-refractivity contribution < 1.29 is 22.0 Å². The third kappa shape index (κ3) is 4.78. The molecular weight excluding hydrogens is 388 g/mol. The van der Waals surface area contributed by atoms with E-state index < -0.39 is 22.4 Å². The van der Waals surface area contributed by atoms with E-state index in [1.807, 2.05) is 4.90 Å². The molecule has 1 fully saturated rings. The molecule has 1 saturated heterocycles. The smallest absolute Gasteiger partial charge is 0.243 e. The van der Waals surface area contributed by atoms with E-state index in [2.05, 4.69) is 0 Å². The fraction of sp³-hybridized carbons (Fsp3) is 0.316. The first-order chi connectivity index (χ1) is 13.2. The minimum Gasteiger partial charge on any atom is -0.368 e. The summed E-state index contributed by atoms with van der Waals surface area (Å²) >= 11 is 0. The van der Waals surface area contributed by atoms with E-state index in [-0.39, 0.29) is 17.4 Å². The SMILES string of the molecule is CS(=O)(=O)N(CC(=O)N1CCN(c2ccc(F)cc2)CC1)c1cccc(F)c1. The summed E-state index contributed by atoms with van der Waals surface area (Å²) in [6, 6.07) is 11.3. The van der Waals surface area contributed by atoms with Gasteiger partial charge in [0.1, 0.15) is 18.2 Å². The van der Waals surface area contributed by atoms with E-state index in [0.29, 0.717) is 26.2 Å². The van der Waals surface area contributed by atoms with Crippen molar-refractivity contribution in [2.24, 2.45) is 0 Å². The van der Waals surface area contributed by atoms with Gasteiger partial charge in [-0.1, -0.05) is 6.07 Å². The number of nitrogens with zero attached hydrogens (tertiary/aromatic N) is 3. The Morgan fingerprint density at radius 2 is 1.64 bits per heavy atom. The molecule has 3 rings (SSSR count). The zero-order valence-corrected chi connectivity index (χ0v) is 16.2. The average molecular weight is 409 g/mol. The van der Waals surface area contributed by atoms with Crippen molar-refractivity contribution in [1.82, 2.24) is 4.90 Å². The molecule has 2 aromatic carbocycles. The summed E-state index contributed by atoms with van der Waals surface area (Å²) in [5.74, 6) is -1.24. The van der Waals surface area contributed by atoms with Crippen LogP contribution >= 0.6 is 0 Å². The van der Waals surface area contributed by atoms with Gasteiger partial charge >= 0.3 is 0 Å². The predicted octanol–water partition coefficient (Wildman–Crippen LogP) is 2.08. The zero-order chi connectivity index (χ0) is 20.3. The van der Waals surface area contributed by atoms with Crippen LogP contribution in [0.15, 0.2) is 48.5 Å². The highest BCUT2D eigenvalue weighted by Crippen LogP contribution is 2.20. The number of hydrogen-bond acceptors (Lipinski definition) is 4. The number of sulfonamides is 1. The molecule has 150 valence electrons. The molecule has 0 aliphatic carbocycles. The molecule has 0 aromatic heterocycles. The Bertz CT molecular complexity index is 943. The van der Waals surface area contributed by atoms with Crippen molar-refractivity contribution in [3.05, 3.63) is 60.2 Å². The van der Waals surface area contributed by atoms with Gasteiger partial charge in [0.25, 0.3) is 0 Å². The largest absolute Gasteiger partial charge is 0.368 e. The van der Waals surface area contributed by atoms with Crippen molar-refractivity contribution in [2.45, 2.75) is 0 Å². The first kappa shape index (κ1) is 20.1. The Kier molecular flexibility index (Phi) is 5.83. The van der Waals surface area contributed by atoms with Crippen LogP contribution in [-0.2, 0) is 14.8 Å². The fourth-order valence-corrected chi connectivity index (χ4v) is 3.96. The van der Waals surface area contributed by atoms with E-state index in [1.165, 1.54) is 30.3 Å². The van der Waals surface area contributed by atoms with E-state index in [9.17, 15) is 22.0 Å². The number of benzene rings is 2. The lowest BCUT2D eigenvalue weighted by molar-refractivity contribution is -0.129. The summed E-state index contributed by atoms with van der Waals surface area (Å²) in [6.07, 6.45) is 0.984. The van der Waals surface area contributed by atoms with Gasteiger partial charge in [-0.3, -0.25) is 9.10 Å². The molecule has 28 heavy (non-hydrogen) atoms. The Labute approximate surface area is 163 Å². The molecule has 0 N–H and O–H groups in total. The molecule has 0 radical (unpaired) electrons. The van der Waals surface area contributed by atoms with Crippen LogP contribution in [0.25, 0.3) is 0 Å². The molecule has 0 unspecified atom stereocenters. The predicted molar refractivity (Wildman–Crippen MR) is 104 cm³/mol. The minimum absolute atomic E-state index is 0.112. The van der Waals surface area contributed by atoms with Gasteiger partial charge in [0.05, 0.1) is 11.9 Å². The zero-order valence-electron chi connectivity index (χ0n) is 15.4. The lowest BCUT2D eigenvalue weighted by Gasteiger charge is -2.37. The fourth-order valence-electron chi connectivity index (χ4n) is 3.12. The lowest BCUT2D eigenvalue weighted by Crippen LogP contribution is -2.52. The Morgan fingerprint density at radius 3 is 2.21 bits per heavy atom. The van der Waals surface area contributed by atoms with Crippen molar-refractivity contribution in [1.29, 1.82) is 0 Å². The Hall–Kier alpha value is -2.68. The highest BCUT2D eigenvalue weighted by molar-refractivity contribution is 7.92. The van der Waals surface area contributed by atoms with E-state index in [4.69, 9.17) is 0 Å². The third-order valence-corrected chi connectivity index (χ3v) is 5.74. The van der Waals surface area contributed by atoms with Crippen LogP contribution in [0, 0.1) is 11.6 Å². The normalized spacial score (nSPS) is 14.8. The number of carbonyl (C=O) groups is 1. The summed E-state index contributed by atoms with van der Waals surface area (Å²) in [6.45, 7) is 1.54. The first-order valence-corrected chi connectivity index (χ1v) is 10.6. The molecule has 9 heteroatoms. The Morgan fingerprint density at radius 1 is 1.00 bits per heavy atom. The first-order valence-electron chi connectivity index (χ1n) is 8.75. The molecule has 1 aliphatic rings. The summed E-state index contributed by atoms with van der Waals surface area (Å²) in [7, 11) is -3.75. The number of piperazine rings is 1. The summed E-state index contributed by atoms with van der Waals surface area (Å²) in [4.78, 5) is 16.3. The number of hydrogen-bond donors (Lipinski definition) is 0. The second-order valence-corrected chi connectivity index (χ2v) is 8.50. The van der Waals surface area contributed by atoms with Crippen LogP contribution in [0.4, 0.5) is 20.2 Å². The van der Waals surface area contributed by atoms with Gasteiger partial charge in [-0.2, -0.15) is 0 Å². The molecular formula is C19H21F2N3O3S. The maximum absolute atomic E-state index is 13.5. The standard InChI is InChI=1S/C19H21F2N3O3S/c1-28(26,27)24(18-4-2-3-16(21)13-18)14-19(25)23-11-9-22(10-12-23)17-7-5-15(20)6-8-17/h2-8,13H,9-12,14H2,1H3. The van der Waals surface area contributed by atoms with E-state index in [1.54, 1.807) is 17.0 Å². The van der Waals surface area contributed by atoms with Gasteiger partial charge in [-0.25, -0.2) is 17.2 Å². The van der Waals surface area contributed by atoms with Gasteiger partial charge in [0.15, 0.2) is 0 Å². The lowest BCUT2D eigenvalue weighted by atomic mass is 10.2. The topological polar surface area (TPSA) is 60.9 Å². The number of anilines is 2. The number of carbonyl (C=O) groups excluding carboxylic acids is 1. The maximum Gasteiger partial charge on any atom is 0.243 e. The average Bonchev–Trinajstić information content (AvgIpc) is 2.66. The summed E-state index contributed by atoms with van der Waals surface area (Å²) in [5.41, 5.74) is 0.979. The van der Waals surface area contributed by atoms with E-state index >= 15 is 0 Å². The molecule has 0 saturated carbocycles. The molecule has 1 heterocycles. The third-order valence-electron chi connectivity index (χ3n) is 4.60. The van der Waals surface area contributed by atoms with Crippen molar-refractivity contribution >= 4 is 27.3 Å². The second-order valence-electron chi connectivity index (χ2n) is 6.59. The number of rotatable bonds is 5. The molecule has 0 spiro atoms. The van der Waals surface area contributed by atoms with Crippen molar-refractivity contribution in [3.8, 4) is 0 Å². The van der Waals surface area contributed by atoms with Crippen molar-refractivity contribution in [2.75, 3.05) is 48.2 Å². The number of amides is 1. The highest BCUT2D eigenvalue weighted by Gasteiger charge is 2.26. The second kappa shape index (κ2) is 8.14. The number of halogens is 2. The van der Waals surface area contributed by atoms with Crippen molar-refractivity contribution in [3.63, 3.8) is 0 Å². The highest BCUT2D eigenvalue weighted by atomic mass is 32.2. The van der Waals surface area contributed by atoms with Crippen LogP contribution in [0.5, 0.6) is 0 Å². The van der Waals surface area contributed by atoms with Gasteiger partial charge < -0.3 is 9.80 Å². The van der Waals surface area contributed by atoms with Crippen LogP contribution < -0.4 is 9.21 Å². The van der Waals surface area contributed by atoms with Crippen LogP contribution in [0.3, 0.4) is 0 Å². The molecule has 0 bridgehead atoms. The molecule has 1 aliphatic heterocycles. The van der Waals surface area contributed by atoms with Gasteiger partial charge in [-0.15, -0.1) is 0 Å². The summed E-state index contributed by atoms with van der Waals surface area (Å²) in [5, 5.41) is 0.